The van der Waals surface area contributed by atoms with Crippen LogP contribution in [0.2, 0.25) is 0 Å². The molecule has 2 rings (SSSR count). The Labute approximate surface area is 127 Å². The van der Waals surface area contributed by atoms with E-state index >= 15 is 0 Å². The number of hydrogen-bond donors (Lipinski definition) is 1. The van der Waals surface area contributed by atoms with E-state index in [2.05, 4.69) is 28.8 Å². The van der Waals surface area contributed by atoms with Gasteiger partial charge in [-0.15, -0.1) is 0 Å². The molecule has 118 valence electrons. The first-order chi connectivity index (χ1) is 10.1. The lowest BCUT2D eigenvalue weighted by Crippen LogP contribution is -2.47. The smallest absolute Gasteiger partial charge is 0.127 e. The van der Waals surface area contributed by atoms with E-state index in [1.807, 2.05) is 6.07 Å². The van der Waals surface area contributed by atoms with Crippen LogP contribution in [0.1, 0.15) is 11.1 Å². The Morgan fingerprint density at radius 2 is 1.81 bits per heavy atom. The van der Waals surface area contributed by atoms with Gasteiger partial charge in [0.2, 0.25) is 0 Å². The number of nitrogens with zero attached hydrogens (tertiary/aromatic N) is 3. The first-order valence-corrected chi connectivity index (χ1v) is 7.65. The lowest BCUT2D eigenvalue weighted by atomic mass is 10.1. The molecule has 1 saturated heterocycles. The first-order valence-electron chi connectivity index (χ1n) is 7.65. The second kappa shape index (κ2) is 7.84. The van der Waals surface area contributed by atoms with Gasteiger partial charge < -0.3 is 10.6 Å². The first kappa shape index (κ1) is 16.4. The summed E-state index contributed by atoms with van der Waals surface area (Å²) in [5.74, 6) is -0.123. The monoisotopic (exact) mass is 294 g/mol. The van der Waals surface area contributed by atoms with Crippen LogP contribution in [0.5, 0.6) is 0 Å². The molecule has 0 aromatic heterocycles. The van der Waals surface area contributed by atoms with Crippen molar-refractivity contribution in [3.8, 4) is 0 Å². The van der Waals surface area contributed by atoms with Crippen molar-refractivity contribution >= 4 is 0 Å². The maximum atomic E-state index is 13.9. The highest BCUT2D eigenvalue weighted by Gasteiger charge is 2.18. The summed E-state index contributed by atoms with van der Waals surface area (Å²) in [6.45, 7) is 7.47. The summed E-state index contributed by atoms with van der Waals surface area (Å²) in [6.07, 6.45) is 0. The Bertz CT molecular complexity index is 442. The van der Waals surface area contributed by atoms with Crippen LogP contribution in [0.25, 0.3) is 0 Å². The zero-order valence-corrected chi connectivity index (χ0v) is 13.2. The van der Waals surface area contributed by atoms with Crippen molar-refractivity contribution in [3.05, 3.63) is 35.1 Å². The molecule has 0 unspecified atom stereocenters. The number of piperazine rings is 1. The molecular weight excluding hydrogens is 267 g/mol. The van der Waals surface area contributed by atoms with E-state index in [0.29, 0.717) is 13.1 Å². The average Bonchev–Trinajstić information content (AvgIpc) is 2.48. The summed E-state index contributed by atoms with van der Waals surface area (Å²) in [7, 11) is 4.20. The van der Waals surface area contributed by atoms with Gasteiger partial charge in [-0.2, -0.15) is 0 Å². The molecule has 2 N–H and O–H groups in total. The molecule has 1 heterocycles. The molecule has 0 radical (unpaired) electrons. The lowest BCUT2D eigenvalue weighted by Gasteiger charge is -2.35. The SMILES string of the molecule is CN(C)CCN1CCN(Cc2cc(CN)ccc2F)CC1. The number of hydrogen-bond acceptors (Lipinski definition) is 4. The predicted molar refractivity (Wildman–Crippen MR) is 84.6 cm³/mol. The Morgan fingerprint density at radius 1 is 1.14 bits per heavy atom. The van der Waals surface area contributed by atoms with Crippen molar-refractivity contribution in [2.75, 3.05) is 53.4 Å². The van der Waals surface area contributed by atoms with E-state index in [0.717, 1.165) is 50.4 Å². The predicted octanol–water partition coefficient (Wildman–Crippen LogP) is 0.964. The zero-order valence-electron chi connectivity index (χ0n) is 13.2. The van der Waals surface area contributed by atoms with Gasteiger partial charge in [-0.3, -0.25) is 9.80 Å². The number of nitrogens with two attached hydrogens (primary N) is 1. The molecule has 0 bridgehead atoms. The van der Waals surface area contributed by atoms with Crippen molar-refractivity contribution in [1.82, 2.24) is 14.7 Å². The minimum atomic E-state index is -0.123. The maximum Gasteiger partial charge on any atom is 0.127 e. The number of likely N-dealkylation sites (N-methyl/N-ethyl adjacent to an activating group) is 1. The Morgan fingerprint density at radius 3 is 2.43 bits per heavy atom. The number of halogens is 1. The Balaban J connectivity index is 1.83. The van der Waals surface area contributed by atoms with Crippen LogP contribution >= 0.6 is 0 Å². The fourth-order valence-electron chi connectivity index (χ4n) is 2.63. The summed E-state index contributed by atoms with van der Waals surface area (Å²) < 4.78 is 13.9. The Kier molecular flexibility index (Phi) is 6.11. The molecule has 4 nitrogen and oxygen atoms in total. The zero-order chi connectivity index (χ0) is 15.2. The normalized spacial score (nSPS) is 17.6. The van der Waals surface area contributed by atoms with Crippen LogP contribution in [-0.2, 0) is 13.1 Å². The number of rotatable bonds is 6. The summed E-state index contributed by atoms with van der Waals surface area (Å²) in [5.41, 5.74) is 7.39. The molecule has 5 heteroatoms. The van der Waals surface area contributed by atoms with Gasteiger partial charge in [-0.05, 0) is 25.7 Å². The molecule has 1 aromatic carbocycles. The van der Waals surface area contributed by atoms with E-state index in [1.54, 1.807) is 6.07 Å². The van der Waals surface area contributed by atoms with Crippen LogP contribution < -0.4 is 5.73 Å². The van der Waals surface area contributed by atoms with Crippen molar-refractivity contribution in [1.29, 1.82) is 0 Å². The summed E-state index contributed by atoms with van der Waals surface area (Å²) in [6, 6.07) is 5.19. The van der Waals surface area contributed by atoms with E-state index in [9.17, 15) is 4.39 Å². The molecule has 1 aliphatic heterocycles. The van der Waals surface area contributed by atoms with Crippen LogP contribution in [0.15, 0.2) is 18.2 Å². The molecule has 21 heavy (non-hydrogen) atoms. The van der Waals surface area contributed by atoms with E-state index in [-0.39, 0.29) is 5.82 Å². The highest BCUT2D eigenvalue weighted by atomic mass is 19.1. The van der Waals surface area contributed by atoms with Gasteiger partial charge in [0, 0.05) is 57.9 Å². The number of benzene rings is 1. The van der Waals surface area contributed by atoms with Gasteiger partial charge in [0.15, 0.2) is 0 Å². The standard InChI is InChI=1S/C16H27FN4/c1-19(2)5-6-20-7-9-21(10-8-20)13-15-11-14(12-18)3-4-16(15)17/h3-4,11H,5-10,12-13,18H2,1-2H3. The van der Waals surface area contributed by atoms with Crippen molar-refractivity contribution in [3.63, 3.8) is 0 Å². The topological polar surface area (TPSA) is 35.7 Å². The lowest BCUT2D eigenvalue weighted by molar-refractivity contribution is 0.119. The van der Waals surface area contributed by atoms with Crippen LogP contribution in [-0.4, -0.2) is 68.1 Å². The third-order valence-corrected chi connectivity index (χ3v) is 4.07. The van der Waals surface area contributed by atoms with E-state index in [4.69, 9.17) is 5.73 Å². The highest BCUT2D eigenvalue weighted by Crippen LogP contribution is 2.14. The molecule has 0 spiro atoms. The second-order valence-electron chi connectivity index (χ2n) is 6.05. The average molecular weight is 294 g/mol. The molecule has 0 amide bonds. The van der Waals surface area contributed by atoms with Gasteiger partial charge in [0.05, 0.1) is 0 Å². The van der Waals surface area contributed by atoms with E-state index in [1.165, 1.54) is 6.07 Å². The minimum Gasteiger partial charge on any atom is -0.326 e. The van der Waals surface area contributed by atoms with E-state index < -0.39 is 0 Å². The largest absolute Gasteiger partial charge is 0.326 e. The third-order valence-electron chi connectivity index (χ3n) is 4.07. The van der Waals surface area contributed by atoms with Gasteiger partial charge >= 0.3 is 0 Å². The molecular formula is C16H27FN4. The molecule has 0 saturated carbocycles. The summed E-state index contributed by atoms with van der Waals surface area (Å²) in [5, 5.41) is 0. The van der Waals surface area contributed by atoms with Gasteiger partial charge in [0.25, 0.3) is 0 Å². The quantitative estimate of drug-likeness (QED) is 0.848. The molecule has 0 atom stereocenters. The fourth-order valence-corrected chi connectivity index (χ4v) is 2.63. The summed E-state index contributed by atoms with van der Waals surface area (Å²) >= 11 is 0. The van der Waals surface area contributed by atoms with Crippen molar-refractivity contribution < 1.29 is 4.39 Å². The van der Waals surface area contributed by atoms with Crippen molar-refractivity contribution in [2.24, 2.45) is 5.73 Å². The minimum absolute atomic E-state index is 0.123. The highest BCUT2D eigenvalue weighted by molar-refractivity contribution is 5.25. The van der Waals surface area contributed by atoms with Crippen LogP contribution in [0, 0.1) is 5.82 Å². The third kappa shape index (κ3) is 5.04. The molecule has 1 aliphatic rings. The van der Waals surface area contributed by atoms with Crippen LogP contribution in [0.3, 0.4) is 0 Å². The second-order valence-corrected chi connectivity index (χ2v) is 6.05. The van der Waals surface area contributed by atoms with Gasteiger partial charge in [-0.25, -0.2) is 4.39 Å². The molecule has 1 aromatic rings. The van der Waals surface area contributed by atoms with Gasteiger partial charge in [0.1, 0.15) is 5.82 Å². The molecule has 0 aliphatic carbocycles. The van der Waals surface area contributed by atoms with Gasteiger partial charge in [-0.1, -0.05) is 12.1 Å². The maximum absolute atomic E-state index is 13.9. The van der Waals surface area contributed by atoms with Crippen molar-refractivity contribution in [2.45, 2.75) is 13.1 Å². The fraction of sp³-hybridized carbons (Fsp3) is 0.625. The molecule has 1 fully saturated rings. The Hall–Kier alpha value is -1.01. The summed E-state index contributed by atoms with van der Waals surface area (Å²) in [4.78, 5) is 7.01. The van der Waals surface area contributed by atoms with Crippen LogP contribution in [0.4, 0.5) is 4.39 Å².